The van der Waals surface area contributed by atoms with Crippen LogP contribution in [0.2, 0.25) is 0 Å². The number of nitrogens with zero attached hydrogens (tertiary/aromatic N) is 3. The number of halogens is 1. The Morgan fingerprint density at radius 1 is 1.16 bits per heavy atom. The second-order valence-corrected chi connectivity index (χ2v) is 7.61. The molecule has 4 rings (SSSR count). The summed E-state index contributed by atoms with van der Waals surface area (Å²) >= 11 is 0. The Bertz CT molecular complexity index is 1310. The molecule has 8 heteroatoms. The molecule has 4 aromatic rings. The predicted molar refractivity (Wildman–Crippen MR) is 122 cm³/mol. The molecule has 0 spiro atoms. The molecule has 0 fully saturated rings. The number of aromatic nitrogens is 3. The smallest absolute Gasteiger partial charge is 0.276 e. The van der Waals surface area contributed by atoms with E-state index in [-0.39, 0.29) is 34.9 Å². The highest BCUT2D eigenvalue weighted by molar-refractivity contribution is 5.99. The van der Waals surface area contributed by atoms with E-state index in [1.54, 1.807) is 25.1 Å². The highest BCUT2D eigenvalue weighted by Crippen LogP contribution is 2.15. The van der Waals surface area contributed by atoms with Gasteiger partial charge in [-0.05, 0) is 30.7 Å². The molecule has 164 valence electrons. The Morgan fingerprint density at radius 2 is 1.88 bits per heavy atom. The summed E-state index contributed by atoms with van der Waals surface area (Å²) in [5.74, 6) is -0.693. The van der Waals surface area contributed by atoms with E-state index in [1.807, 2.05) is 42.3 Å². The van der Waals surface area contributed by atoms with Crippen LogP contribution in [-0.2, 0) is 6.42 Å². The van der Waals surface area contributed by atoms with Crippen molar-refractivity contribution in [3.05, 3.63) is 99.3 Å². The van der Waals surface area contributed by atoms with E-state index in [2.05, 4.69) is 15.4 Å². The van der Waals surface area contributed by atoms with Gasteiger partial charge in [0.25, 0.3) is 11.5 Å². The number of benzene rings is 2. The molecule has 32 heavy (non-hydrogen) atoms. The first-order chi connectivity index (χ1) is 15.5. The zero-order chi connectivity index (χ0) is 22.7. The molecule has 0 atom stereocenters. The van der Waals surface area contributed by atoms with Gasteiger partial charge in [0.05, 0.1) is 0 Å². The SMILES string of the molecule is Cc1nc2c(C(=O)NCCN(C)c3ccccc3)c[nH]n2c(=O)c1Cc1ccccc1F. The van der Waals surface area contributed by atoms with Gasteiger partial charge in [0.15, 0.2) is 5.65 Å². The molecule has 7 nitrogen and oxygen atoms in total. The number of carbonyl (C=O) groups excluding carboxylic acids is 1. The monoisotopic (exact) mass is 433 g/mol. The molecule has 0 aliphatic rings. The van der Waals surface area contributed by atoms with Crippen LogP contribution in [0.1, 0.15) is 27.2 Å². The van der Waals surface area contributed by atoms with Crippen LogP contribution in [0.4, 0.5) is 10.1 Å². The van der Waals surface area contributed by atoms with Crippen molar-refractivity contribution in [2.24, 2.45) is 0 Å². The number of para-hydroxylation sites is 1. The molecule has 2 heterocycles. The minimum atomic E-state index is -0.372. The fourth-order valence-corrected chi connectivity index (χ4v) is 3.60. The molecule has 0 radical (unpaired) electrons. The van der Waals surface area contributed by atoms with Gasteiger partial charge in [-0.2, -0.15) is 0 Å². The third-order valence-corrected chi connectivity index (χ3v) is 5.46. The molecule has 0 saturated heterocycles. The highest BCUT2D eigenvalue weighted by Gasteiger charge is 2.19. The van der Waals surface area contributed by atoms with Crippen molar-refractivity contribution in [2.45, 2.75) is 13.3 Å². The second kappa shape index (κ2) is 9.05. The highest BCUT2D eigenvalue weighted by atomic mass is 19.1. The topological polar surface area (TPSA) is 82.5 Å². The first-order valence-electron chi connectivity index (χ1n) is 10.3. The first-order valence-corrected chi connectivity index (χ1v) is 10.3. The average molecular weight is 433 g/mol. The maximum atomic E-state index is 14.1. The minimum absolute atomic E-state index is 0.125. The number of aromatic amines is 1. The van der Waals surface area contributed by atoms with Gasteiger partial charge in [0, 0.05) is 49.7 Å². The first kappa shape index (κ1) is 21.3. The van der Waals surface area contributed by atoms with Crippen molar-refractivity contribution in [3.8, 4) is 0 Å². The van der Waals surface area contributed by atoms with Crippen LogP contribution in [0.15, 0.2) is 65.6 Å². The number of nitrogens with one attached hydrogen (secondary N) is 2. The summed E-state index contributed by atoms with van der Waals surface area (Å²) in [4.78, 5) is 32.2. The van der Waals surface area contributed by atoms with Crippen molar-refractivity contribution < 1.29 is 9.18 Å². The van der Waals surface area contributed by atoms with Gasteiger partial charge in [-0.25, -0.2) is 13.9 Å². The minimum Gasteiger partial charge on any atom is -0.373 e. The fraction of sp³-hybridized carbons (Fsp3) is 0.208. The Labute approximate surface area is 184 Å². The predicted octanol–water partition coefficient (Wildman–Crippen LogP) is 2.93. The molecule has 2 aromatic carbocycles. The standard InChI is InChI=1S/C24H24FN5O2/c1-16-19(14-17-8-6-7-11-21(17)25)24(32)30-22(28-16)20(15-27-30)23(31)26-12-13-29(2)18-9-4-3-5-10-18/h3-11,15,27H,12-14H2,1-2H3,(H,26,31). The Kier molecular flexibility index (Phi) is 6.02. The van der Waals surface area contributed by atoms with Crippen LogP contribution < -0.4 is 15.8 Å². The lowest BCUT2D eigenvalue weighted by Crippen LogP contribution is -2.33. The van der Waals surface area contributed by atoms with Crippen LogP contribution in [0.25, 0.3) is 5.65 Å². The zero-order valence-corrected chi connectivity index (χ0v) is 17.9. The molecule has 0 aliphatic carbocycles. The van der Waals surface area contributed by atoms with Gasteiger partial charge < -0.3 is 10.2 Å². The van der Waals surface area contributed by atoms with Crippen LogP contribution in [0.3, 0.4) is 0 Å². The summed E-state index contributed by atoms with van der Waals surface area (Å²) in [6.07, 6.45) is 1.59. The Balaban J connectivity index is 1.51. The van der Waals surface area contributed by atoms with E-state index in [0.29, 0.717) is 29.9 Å². The van der Waals surface area contributed by atoms with E-state index in [1.165, 1.54) is 16.8 Å². The van der Waals surface area contributed by atoms with Crippen molar-refractivity contribution >= 4 is 17.2 Å². The largest absolute Gasteiger partial charge is 0.373 e. The maximum absolute atomic E-state index is 14.1. The molecule has 0 unspecified atom stereocenters. The van der Waals surface area contributed by atoms with E-state index in [9.17, 15) is 14.0 Å². The number of H-pyrrole nitrogens is 1. The molecule has 1 amide bonds. The Morgan fingerprint density at radius 3 is 2.62 bits per heavy atom. The number of fused-ring (bicyclic) bond motifs is 1. The van der Waals surface area contributed by atoms with Crippen molar-refractivity contribution in [3.63, 3.8) is 0 Å². The van der Waals surface area contributed by atoms with E-state index in [0.717, 1.165) is 5.69 Å². The number of aryl methyl sites for hydroxylation is 1. The molecule has 0 aliphatic heterocycles. The second-order valence-electron chi connectivity index (χ2n) is 7.61. The lowest BCUT2D eigenvalue weighted by molar-refractivity contribution is 0.0956. The number of anilines is 1. The summed E-state index contributed by atoms with van der Waals surface area (Å²) in [6, 6.07) is 16.2. The number of hydrogen-bond acceptors (Lipinski definition) is 4. The molecule has 0 saturated carbocycles. The van der Waals surface area contributed by atoms with E-state index in [4.69, 9.17) is 0 Å². The van der Waals surface area contributed by atoms with Gasteiger partial charge in [-0.3, -0.25) is 14.7 Å². The summed E-state index contributed by atoms with van der Waals surface area (Å²) < 4.78 is 15.3. The molecule has 2 aromatic heterocycles. The van der Waals surface area contributed by atoms with Crippen LogP contribution >= 0.6 is 0 Å². The van der Waals surface area contributed by atoms with E-state index >= 15 is 0 Å². The summed E-state index contributed by atoms with van der Waals surface area (Å²) in [5.41, 5.74) is 2.51. The quantitative estimate of drug-likeness (QED) is 0.470. The molecular weight excluding hydrogens is 409 g/mol. The lowest BCUT2D eigenvalue weighted by Gasteiger charge is -2.19. The number of rotatable bonds is 7. The molecule has 0 bridgehead atoms. The van der Waals surface area contributed by atoms with Crippen molar-refractivity contribution in [1.29, 1.82) is 0 Å². The van der Waals surface area contributed by atoms with Gasteiger partial charge >= 0.3 is 0 Å². The van der Waals surface area contributed by atoms with Gasteiger partial charge in [-0.1, -0.05) is 36.4 Å². The average Bonchev–Trinajstić information content (AvgIpc) is 3.22. The van der Waals surface area contributed by atoms with Crippen LogP contribution in [0, 0.1) is 12.7 Å². The normalized spacial score (nSPS) is 11.0. The number of likely N-dealkylation sites (N-methyl/N-ethyl adjacent to an activating group) is 1. The van der Waals surface area contributed by atoms with Gasteiger partial charge in [-0.15, -0.1) is 0 Å². The maximum Gasteiger partial charge on any atom is 0.276 e. The van der Waals surface area contributed by atoms with Gasteiger partial charge in [0.1, 0.15) is 11.4 Å². The third-order valence-electron chi connectivity index (χ3n) is 5.46. The zero-order valence-electron chi connectivity index (χ0n) is 17.9. The van der Waals surface area contributed by atoms with Crippen molar-refractivity contribution in [2.75, 3.05) is 25.0 Å². The van der Waals surface area contributed by atoms with E-state index < -0.39 is 0 Å². The lowest BCUT2D eigenvalue weighted by atomic mass is 10.0. The third kappa shape index (κ3) is 4.25. The number of carbonyl (C=O) groups is 1. The molecular formula is C24H24FN5O2. The van der Waals surface area contributed by atoms with Gasteiger partial charge in [0.2, 0.25) is 0 Å². The van der Waals surface area contributed by atoms with Crippen LogP contribution in [-0.4, -0.2) is 40.6 Å². The summed E-state index contributed by atoms with van der Waals surface area (Å²) in [6.45, 7) is 2.74. The fourth-order valence-electron chi connectivity index (χ4n) is 3.60. The van der Waals surface area contributed by atoms with Crippen LogP contribution in [0.5, 0.6) is 0 Å². The number of hydrogen-bond donors (Lipinski definition) is 2. The Hall–Kier alpha value is -3.94. The van der Waals surface area contributed by atoms with Crippen molar-refractivity contribution in [1.82, 2.24) is 19.9 Å². The molecule has 2 N–H and O–H groups in total. The number of amides is 1. The summed E-state index contributed by atoms with van der Waals surface area (Å²) in [5, 5.41) is 5.68. The summed E-state index contributed by atoms with van der Waals surface area (Å²) in [7, 11) is 1.95.